The molecule has 0 unspecified atom stereocenters. The summed E-state index contributed by atoms with van der Waals surface area (Å²) in [6.07, 6.45) is 1.08. The maximum absolute atomic E-state index is 3.60. The van der Waals surface area contributed by atoms with Crippen molar-refractivity contribution in [1.29, 1.82) is 0 Å². The van der Waals surface area contributed by atoms with Gasteiger partial charge in [-0.05, 0) is 30.5 Å². The third kappa shape index (κ3) is 2.09. The summed E-state index contributed by atoms with van der Waals surface area (Å²) in [6.45, 7) is 7.65. The lowest BCUT2D eigenvalue weighted by Gasteiger charge is -2.07. The minimum absolute atomic E-state index is 0.555. The molecule has 0 saturated heterocycles. The highest BCUT2D eigenvalue weighted by molar-refractivity contribution is 5.88. The van der Waals surface area contributed by atoms with Gasteiger partial charge in [0.1, 0.15) is 0 Å². The molecule has 17 heavy (non-hydrogen) atoms. The SMILES string of the molecule is CCc1cccc2c(C(C)C)c(CNC)[nH]c12. The van der Waals surface area contributed by atoms with E-state index in [1.807, 2.05) is 7.05 Å². The van der Waals surface area contributed by atoms with Gasteiger partial charge in [0.05, 0.1) is 0 Å². The third-order valence-electron chi connectivity index (χ3n) is 3.35. The lowest BCUT2D eigenvalue weighted by molar-refractivity contribution is 0.764. The van der Waals surface area contributed by atoms with E-state index in [-0.39, 0.29) is 0 Å². The quantitative estimate of drug-likeness (QED) is 0.825. The Hall–Kier alpha value is -1.28. The van der Waals surface area contributed by atoms with Crippen LogP contribution >= 0.6 is 0 Å². The molecule has 0 atom stereocenters. The molecule has 2 heteroatoms. The predicted octanol–water partition coefficient (Wildman–Crippen LogP) is 3.57. The first kappa shape index (κ1) is 12.2. The van der Waals surface area contributed by atoms with Gasteiger partial charge in [0.15, 0.2) is 0 Å². The van der Waals surface area contributed by atoms with E-state index >= 15 is 0 Å². The molecule has 0 spiro atoms. The summed E-state index contributed by atoms with van der Waals surface area (Å²) in [6, 6.07) is 6.62. The van der Waals surface area contributed by atoms with Gasteiger partial charge in [0, 0.05) is 23.1 Å². The molecule has 1 heterocycles. The number of H-pyrrole nitrogens is 1. The van der Waals surface area contributed by atoms with E-state index in [2.05, 4.69) is 49.3 Å². The zero-order valence-electron chi connectivity index (χ0n) is 11.2. The molecule has 0 bridgehead atoms. The smallest absolute Gasteiger partial charge is 0.0491 e. The Labute approximate surface area is 103 Å². The van der Waals surface area contributed by atoms with Crippen molar-refractivity contribution in [3.63, 3.8) is 0 Å². The largest absolute Gasteiger partial charge is 0.357 e. The normalized spacial score (nSPS) is 11.6. The van der Waals surface area contributed by atoms with Crippen LogP contribution in [0.25, 0.3) is 10.9 Å². The Kier molecular flexibility index (Phi) is 3.53. The maximum Gasteiger partial charge on any atom is 0.0491 e. The molecule has 0 saturated carbocycles. The minimum atomic E-state index is 0.555. The molecular formula is C15H22N2. The van der Waals surface area contributed by atoms with Crippen molar-refractivity contribution in [1.82, 2.24) is 10.3 Å². The predicted molar refractivity (Wildman–Crippen MR) is 74.5 cm³/mol. The number of benzene rings is 1. The fraction of sp³-hybridized carbons (Fsp3) is 0.467. The Balaban J connectivity index is 2.69. The fourth-order valence-corrected chi connectivity index (χ4v) is 2.62. The number of rotatable bonds is 4. The van der Waals surface area contributed by atoms with Crippen molar-refractivity contribution in [3.05, 3.63) is 35.0 Å². The molecule has 0 aliphatic rings. The van der Waals surface area contributed by atoms with Gasteiger partial charge in [-0.2, -0.15) is 0 Å². The summed E-state index contributed by atoms with van der Waals surface area (Å²) in [5.41, 5.74) is 5.53. The molecule has 2 rings (SSSR count). The van der Waals surface area contributed by atoms with Crippen molar-refractivity contribution < 1.29 is 0 Å². The van der Waals surface area contributed by atoms with Crippen molar-refractivity contribution >= 4 is 10.9 Å². The van der Waals surface area contributed by atoms with Crippen molar-refractivity contribution in [2.45, 2.75) is 39.7 Å². The summed E-state index contributed by atoms with van der Waals surface area (Å²) in [5.74, 6) is 0.555. The molecule has 2 aromatic rings. The van der Waals surface area contributed by atoms with Crippen LogP contribution in [0, 0.1) is 0 Å². The van der Waals surface area contributed by atoms with Crippen molar-refractivity contribution in [2.24, 2.45) is 0 Å². The molecule has 0 fully saturated rings. The van der Waals surface area contributed by atoms with E-state index in [0.717, 1.165) is 13.0 Å². The van der Waals surface area contributed by atoms with Crippen LogP contribution in [-0.4, -0.2) is 12.0 Å². The molecule has 0 aliphatic carbocycles. The Morgan fingerprint density at radius 2 is 2.06 bits per heavy atom. The number of aryl methyl sites for hydroxylation is 1. The number of hydrogen-bond donors (Lipinski definition) is 2. The van der Waals surface area contributed by atoms with E-state index in [1.54, 1.807) is 0 Å². The fourth-order valence-electron chi connectivity index (χ4n) is 2.62. The lowest BCUT2D eigenvalue weighted by Crippen LogP contribution is -2.08. The second-order valence-corrected chi connectivity index (χ2v) is 4.90. The summed E-state index contributed by atoms with van der Waals surface area (Å²) in [5, 5.41) is 4.64. The number of para-hydroxylation sites is 1. The van der Waals surface area contributed by atoms with Crippen molar-refractivity contribution in [3.8, 4) is 0 Å². The van der Waals surface area contributed by atoms with Gasteiger partial charge in [-0.1, -0.05) is 39.0 Å². The number of nitrogens with one attached hydrogen (secondary N) is 2. The Morgan fingerprint density at radius 3 is 2.65 bits per heavy atom. The van der Waals surface area contributed by atoms with Gasteiger partial charge in [-0.25, -0.2) is 0 Å². The average molecular weight is 230 g/mol. The number of hydrogen-bond acceptors (Lipinski definition) is 1. The van der Waals surface area contributed by atoms with Crippen LogP contribution in [0.15, 0.2) is 18.2 Å². The Morgan fingerprint density at radius 1 is 1.29 bits per heavy atom. The average Bonchev–Trinajstić information content (AvgIpc) is 2.67. The van der Waals surface area contributed by atoms with Gasteiger partial charge >= 0.3 is 0 Å². The number of fused-ring (bicyclic) bond motifs is 1. The molecular weight excluding hydrogens is 208 g/mol. The molecule has 2 N–H and O–H groups in total. The third-order valence-corrected chi connectivity index (χ3v) is 3.35. The first-order valence-electron chi connectivity index (χ1n) is 6.46. The van der Waals surface area contributed by atoms with Crippen LogP contribution in [0.4, 0.5) is 0 Å². The number of aromatic nitrogens is 1. The molecule has 0 amide bonds. The highest BCUT2D eigenvalue weighted by Crippen LogP contribution is 2.31. The van der Waals surface area contributed by atoms with Crippen LogP contribution < -0.4 is 5.32 Å². The number of aromatic amines is 1. The molecule has 0 radical (unpaired) electrons. The summed E-state index contributed by atoms with van der Waals surface area (Å²) >= 11 is 0. The monoisotopic (exact) mass is 230 g/mol. The topological polar surface area (TPSA) is 27.8 Å². The Bertz CT molecular complexity index is 509. The highest BCUT2D eigenvalue weighted by Gasteiger charge is 2.15. The minimum Gasteiger partial charge on any atom is -0.357 e. The summed E-state index contributed by atoms with van der Waals surface area (Å²) < 4.78 is 0. The van der Waals surface area contributed by atoms with Crippen LogP contribution in [-0.2, 0) is 13.0 Å². The molecule has 1 aromatic carbocycles. The first-order chi connectivity index (χ1) is 8.19. The van der Waals surface area contributed by atoms with E-state index in [0.29, 0.717) is 5.92 Å². The lowest BCUT2D eigenvalue weighted by atomic mass is 9.98. The van der Waals surface area contributed by atoms with E-state index in [9.17, 15) is 0 Å². The first-order valence-corrected chi connectivity index (χ1v) is 6.46. The van der Waals surface area contributed by atoms with Gasteiger partial charge in [0.25, 0.3) is 0 Å². The molecule has 0 aliphatic heterocycles. The molecule has 92 valence electrons. The van der Waals surface area contributed by atoms with Crippen LogP contribution in [0.2, 0.25) is 0 Å². The van der Waals surface area contributed by atoms with Crippen molar-refractivity contribution in [2.75, 3.05) is 7.05 Å². The summed E-state index contributed by atoms with van der Waals surface area (Å²) in [7, 11) is 2.00. The van der Waals surface area contributed by atoms with Gasteiger partial charge in [-0.15, -0.1) is 0 Å². The second kappa shape index (κ2) is 4.92. The zero-order chi connectivity index (χ0) is 12.4. The van der Waals surface area contributed by atoms with Gasteiger partial charge in [-0.3, -0.25) is 0 Å². The van der Waals surface area contributed by atoms with Crippen LogP contribution in [0.5, 0.6) is 0 Å². The molecule has 1 aromatic heterocycles. The second-order valence-electron chi connectivity index (χ2n) is 4.90. The van der Waals surface area contributed by atoms with Gasteiger partial charge < -0.3 is 10.3 Å². The van der Waals surface area contributed by atoms with Crippen LogP contribution in [0.1, 0.15) is 43.5 Å². The standard InChI is InChI=1S/C15H22N2/c1-5-11-7-6-8-12-14(10(2)3)13(9-16-4)17-15(11)12/h6-8,10,16-17H,5,9H2,1-4H3. The zero-order valence-corrected chi connectivity index (χ0v) is 11.2. The van der Waals surface area contributed by atoms with E-state index in [1.165, 1.54) is 27.7 Å². The maximum atomic E-state index is 3.60. The van der Waals surface area contributed by atoms with Gasteiger partial charge in [0.2, 0.25) is 0 Å². The van der Waals surface area contributed by atoms with Crippen LogP contribution in [0.3, 0.4) is 0 Å². The molecule has 2 nitrogen and oxygen atoms in total. The summed E-state index contributed by atoms with van der Waals surface area (Å²) in [4.78, 5) is 3.60. The van der Waals surface area contributed by atoms with E-state index in [4.69, 9.17) is 0 Å². The highest BCUT2D eigenvalue weighted by atomic mass is 14.9. The van der Waals surface area contributed by atoms with E-state index < -0.39 is 0 Å².